The molecule has 0 spiro atoms. The first kappa shape index (κ1) is 16.1. The molecule has 0 aliphatic rings. The minimum absolute atomic E-state index is 0.168. The van der Waals surface area contributed by atoms with Gasteiger partial charge in [-0.1, -0.05) is 30.3 Å². The molecule has 1 atom stereocenters. The molecule has 0 aliphatic carbocycles. The number of hydrogen-bond donors (Lipinski definition) is 2. The van der Waals surface area contributed by atoms with E-state index in [1.807, 2.05) is 12.1 Å². The fraction of sp³-hybridized carbons (Fsp3) is 0.294. The fourth-order valence-electron chi connectivity index (χ4n) is 2.42. The molecule has 0 aromatic heterocycles. The van der Waals surface area contributed by atoms with Crippen LogP contribution in [0.4, 0.5) is 4.39 Å². The van der Waals surface area contributed by atoms with Crippen molar-refractivity contribution < 1.29 is 4.39 Å². The summed E-state index contributed by atoms with van der Waals surface area (Å²) in [7, 11) is 0. The molecule has 2 aromatic rings. The summed E-state index contributed by atoms with van der Waals surface area (Å²) in [6, 6.07) is 13.6. The first-order valence-electron chi connectivity index (χ1n) is 7.04. The molecule has 21 heavy (non-hydrogen) atoms. The van der Waals surface area contributed by atoms with Crippen LogP contribution in [0.25, 0.3) is 0 Å². The summed E-state index contributed by atoms with van der Waals surface area (Å²) in [6.45, 7) is 2.12. The van der Waals surface area contributed by atoms with Gasteiger partial charge in [0.15, 0.2) is 0 Å². The zero-order chi connectivity index (χ0) is 15.2. The normalized spacial score (nSPS) is 12.4. The summed E-state index contributed by atoms with van der Waals surface area (Å²) in [4.78, 5) is 0. The second kappa shape index (κ2) is 7.69. The lowest BCUT2D eigenvalue weighted by Gasteiger charge is -2.17. The van der Waals surface area contributed by atoms with Gasteiger partial charge in [0.2, 0.25) is 0 Å². The first-order chi connectivity index (χ1) is 10.1. The van der Waals surface area contributed by atoms with Gasteiger partial charge in [0.1, 0.15) is 5.82 Å². The summed E-state index contributed by atoms with van der Waals surface area (Å²) >= 11 is 3.22. The van der Waals surface area contributed by atoms with Crippen molar-refractivity contribution in [1.82, 2.24) is 5.43 Å². The lowest BCUT2D eigenvalue weighted by molar-refractivity contribution is 0.490. The van der Waals surface area contributed by atoms with Crippen LogP contribution in [0, 0.1) is 12.7 Å². The largest absolute Gasteiger partial charge is 0.271 e. The third-order valence-electron chi connectivity index (χ3n) is 3.73. The van der Waals surface area contributed by atoms with E-state index >= 15 is 0 Å². The van der Waals surface area contributed by atoms with Crippen LogP contribution in [-0.4, -0.2) is 6.04 Å². The van der Waals surface area contributed by atoms with E-state index in [4.69, 9.17) is 5.84 Å². The molecule has 0 fully saturated rings. The van der Waals surface area contributed by atoms with E-state index in [9.17, 15) is 4.39 Å². The lowest BCUT2D eigenvalue weighted by atomic mass is 9.97. The van der Waals surface area contributed by atoms with Crippen molar-refractivity contribution in [2.45, 2.75) is 32.2 Å². The van der Waals surface area contributed by atoms with Crippen molar-refractivity contribution >= 4 is 15.9 Å². The Labute approximate surface area is 133 Å². The zero-order valence-corrected chi connectivity index (χ0v) is 13.7. The summed E-state index contributed by atoms with van der Waals surface area (Å²) in [5.74, 6) is 5.42. The highest BCUT2D eigenvalue weighted by Gasteiger charge is 2.10. The highest BCUT2D eigenvalue weighted by molar-refractivity contribution is 9.10. The van der Waals surface area contributed by atoms with Crippen molar-refractivity contribution in [3.8, 4) is 0 Å². The molecule has 0 aliphatic heterocycles. The summed E-state index contributed by atoms with van der Waals surface area (Å²) in [5.41, 5.74) is 6.58. The quantitative estimate of drug-likeness (QED) is 0.612. The molecular formula is C17H20BrFN2. The number of rotatable bonds is 6. The standard InChI is InChI=1S/C17H20BrFN2/c1-12-4-2-3-5-14(12)7-8-15(21-20)10-13-6-9-17(19)16(18)11-13/h2-6,9,11,15,21H,7-8,10,20H2,1H3. The Morgan fingerprint density at radius 3 is 2.67 bits per heavy atom. The Bertz CT molecular complexity index is 601. The van der Waals surface area contributed by atoms with Crippen molar-refractivity contribution in [3.05, 3.63) is 69.4 Å². The fourth-order valence-corrected chi connectivity index (χ4v) is 2.84. The average Bonchev–Trinajstić information content (AvgIpc) is 2.48. The average molecular weight is 351 g/mol. The van der Waals surface area contributed by atoms with Gasteiger partial charge in [-0.15, -0.1) is 0 Å². The van der Waals surface area contributed by atoms with E-state index in [0.717, 1.165) is 24.8 Å². The second-order valence-electron chi connectivity index (χ2n) is 5.28. The van der Waals surface area contributed by atoms with Gasteiger partial charge < -0.3 is 0 Å². The minimum atomic E-state index is -0.240. The molecule has 1 unspecified atom stereocenters. The third kappa shape index (κ3) is 4.63. The van der Waals surface area contributed by atoms with Crippen LogP contribution in [0.5, 0.6) is 0 Å². The molecule has 0 bridgehead atoms. The molecule has 0 saturated heterocycles. The van der Waals surface area contributed by atoms with Gasteiger partial charge in [-0.25, -0.2) is 4.39 Å². The number of nitrogens with one attached hydrogen (secondary N) is 1. The second-order valence-corrected chi connectivity index (χ2v) is 6.14. The Morgan fingerprint density at radius 2 is 2.00 bits per heavy atom. The van der Waals surface area contributed by atoms with Gasteiger partial charge in [0, 0.05) is 6.04 Å². The van der Waals surface area contributed by atoms with Crippen molar-refractivity contribution in [3.63, 3.8) is 0 Å². The highest BCUT2D eigenvalue weighted by atomic mass is 79.9. The van der Waals surface area contributed by atoms with E-state index in [-0.39, 0.29) is 11.9 Å². The van der Waals surface area contributed by atoms with Crippen LogP contribution in [0.1, 0.15) is 23.1 Å². The van der Waals surface area contributed by atoms with Gasteiger partial charge in [-0.3, -0.25) is 11.3 Å². The smallest absolute Gasteiger partial charge is 0.137 e. The minimum Gasteiger partial charge on any atom is -0.271 e. The van der Waals surface area contributed by atoms with E-state index in [2.05, 4.69) is 46.5 Å². The van der Waals surface area contributed by atoms with E-state index < -0.39 is 0 Å². The van der Waals surface area contributed by atoms with Gasteiger partial charge in [0.25, 0.3) is 0 Å². The van der Waals surface area contributed by atoms with Crippen LogP contribution < -0.4 is 11.3 Å². The van der Waals surface area contributed by atoms with E-state index in [0.29, 0.717) is 4.47 Å². The maximum atomic E-state index is 13.2. The van der Waals surface area contributed by atoms with Gasteiger partial charge in [-0.05, 0) is 70.9 Å². The summed E-state index contributed by atoms with van der Waals surface area (Å²) in [5, 5.41) is 0. The van der Waals surface area contributed by atoms with Crippen molar-refractivity contribution in [2.75, 3.05) is 0 Å². The SMILES string of the molecule is Cc1ccccc1CCC(Cc1ccc(F)c(Br)c1)NN. The molecule has 2 rings (SSSR count). The van der Waals surface area contributed by atoms with Crippen LogP contribution in [-0.2, 0) is 12.8 Å². The molecule has 0 saturated carbocycles. The van der Waals surface area contributed by atoms with Crippen molar-refractivity contribution in [1.29, 1.82) is 0 Å². The molecule has 0 heterocycles. The highest BCUT2D eigenvalue weighted by Crippen LogP contribution is 2.19. The molecule has 4 heteroatoms. The molecule has 2 aromatic carbocycles. The molecule has 0 radical (unpaired) electrons. The van der Waals surface area contributed by atoms with Crippen LogP contribution >= 0.6 is 15.9 Å². The van der Waals surface area contributed by atoms with Gasteiger partial charge in [-0.2, -0.15) is 0 Å². The van der Waals surface area contributed by atoms with Crippen LogP contribution in [0.2, 0.25) is 0 Å². The Balaban J connectivity index is 1.97. The van der Waals surface area contributed by atoms with Gasteiger partial charge >= 0.3 is 0 Å². The van der Waals surface area contributed by atoms with Gasteiger partial charge in [0.05, 0.1) is 4.47 Å². The molecule has 112 valence electrons. The van der Waals surface area contributed by atoms with E-state index in [1.54, 1.807) is 6.07 Å². The predicted octanol–water partition coefficient (Wildman–Crippen LogP) is 3.90. The topological polar surface area (TPSA) is 38.0 Å². The van der Waals surface area contributed by atoms with Crippen molar-refractivity contribution in [2.24, 2.45) is 5.84 Å². The number of halogens is 2. The Kier molecular flexibility index (Phi) is 5.91. The number of nitrogens with two attached hydrogens (primary N) is 1. The summed E-state index contributed by atoms with van der Waals surface area (Å²) < 4.78 is 13.7. The molecule has 0 amide bonds. The molecule has 3 N–H and O–H groups in total. The predicted molar refractivity (Wildman–Crippen MR) is 88.4 cm³/mol. The third-order valence-corrected chi connectivity index (χ3v) is 4.33. The first-order valence-corrected chi connectivity index (χ1v) is 7.84. The Hall–Kier alpha value is -1.23. The van der Waals surface area contributed by atoms with Crippen LogP contribution in [0.3, 0.4) is 0 Å². The monoisotopic (exact) mass is 350 g/mol. The number of hydrazine groups is 1. The summed E-state index contributed by atoms with van der Waals surface area (Å²) in [6.07, 6.45) is 2.70. The number of aryl methyl sites for hydroxylation is 2. The zero-order valence-electron chi connectivity index (χ0n) is 12.1. The lowest BCUT2D eigenvalue weighted by Crippen LogP contribution is -2.37. The maximum absolute atomic E-state index is 13.2. The number of benzene rings is 2. The van der Waals surface area contributed by atoms with E-state index in [1.165, 1.54) is 17.2 Å². The van der Waals surface area contributed by atoms with Crippen LogP contribution in [0.15, 0.2) is 46.9 Å². The maximum Gasteiger partial charge on any atom is 0.137 e. The molecular weight excluding hydrogens is 331 g/mol. The Morgan fingerprint density at radius 1 is 1.24 bits per heavy atom. The molecule has 2 nitrogen and oxygen atoms in total. The number of hydrogen-bond acceptors (Lipinski definition) is 2.